The maximum Gasteiger partial charge on any atom is 0.250 e. The van der Waals surface area contributed by atoms with E-state index in [1.165, 1.54) is 4.31 Å². The molecule has 2 aromatic carbocycles. The van der Waals surface area contributed by atoms with Gasteiger partial charge in [0.2, 0.25) is 15.9 Å². The molecule has 3 heterocycles. The van der Waals surface area contributed by atoms with Crippen LogP contribution in [0.5, 0.6) is 0 Å². The molecule has 146 valence electrons. The van der Waals surface area contributed by atoms with E-state index in [9.17, 15) is 13.2 Å². The van der Waals surface area contributed by atoms with Gasteiger partial charge in [-0.25, -0.2) is 8.42 Å². The summed E-state index contributed by atoms with van der Waals surface area (Å²) in [5.74, 6) is -0.235. The maximum atomic E-state index is 13.7. The third-order valence-electron chi connectivity index (χ3n) is 5.53. The van der Waals surface area contributed by atoms with E-state index in [0.29, 0.717) is 24.9 Å². The van der Waals surface area contributed by atoms with Gasteiger partial charge in [-0.3, -0.25) is 14.3 Å². The molecule has 1 saturated heterocycles. The van der Waals surface area contributed by atoms with Gasteiger partial charge in [0.1, 0.15) is 6.04 Å². The van der Waals surface area contributed by atoms with Crippen molar-refractivity contribution in [1.29, 1.82) is 0 Å². The summed E-state index contributed by atoms with van der Waals surface area (Å²) in [6.45, 7) is 0.336. The zero-order chi connectivity index (χ0) is 20.0. The van der Waals surface area contributed by atoms with Crippen LogP contribution >= 0.6 is 0 Å². The molecule has 1 atom stereocenters. The van der Waals surface area contributed by atoms with Crippen LogP contribution in [0.25, 0.3) is 21.8 Å². The second-order valence-corrected chi connectivity index (χ2v) is 9.06. The predicted octanol–water partition coefficient (Wildman–Crippen LogP) is 3.68. The normalized spacial score (nSPS) is 17.9. The van der Waals surface area contributed by atoms with Crippen LogP contribution < -0.4 is 0 Å². The number of hydrogen-bond acceptors (Lipinski definition) is 4. The average molecular weight is 405 g/mol. The van der Waals surface area contributed by atoms with E-state index >= 15 is 0 Å². The van der Waals surface area contributed by atoms with E-state index in [1.807, 2.05) is 30.3 Å². The third kappa shape index (κ3) is 2.77. The van der Waals surface area contributed by atoms with Crippen molar-refractivity contribution in [2.75, 3.05) is 6.54 Å². The lowest BCUT2D eigenvalue weighted by atomic mass is 10.2. The fourth-order valence-corrected chi connectivity index (χ4v) is 5.88. The minimum Gasteiger partial charge on any atom is -0.277 e. The summed E-state index contributed by atoms with van der Waals surface area (Å²) >= 11 is 0. The van der Waals surface area contributed by atoms with Crippen LogP contribution in [-0.2, 0) is 10.0 Å². The molecule has 1 fully saturated rings. The van der Waals surface area contributed by atoms with Gasteiger partial charge in [0.15, 0.2) is 0 Å². The van der Waals surface area contributed by atoms with Crippen molar-refractivity contribution >= 4 is 37.7 Å². The van der Waals surface area contributed by atoms with Crippen molar-refractivity contribution in [3.8, 4) is 0 Å². The molecule has 0 amide bonds. The summed E-state index contributed by atoms with van der Waals surface area (Å²) < 4.78 is 29.4. The number of sulfonamides is 1. The lowest BCUT2D eigenvalue weighted by molar-refractivity contribution is 0.0843. The first-order valence-corrected chi connectivity index (χ1v) is 11.0. The monoisotopic (exact) mass is 405 g/mol. The maximum absolute atomic E-state index is 13.7. The molecule has 2 aromatic heterocycles. The fraction of sp³-hybridized carbons (Fsp3) is 0.182. The molecule has 7 heteroatoms. The number of para-hydroxylation sites is 1. The number of carbonyl (C=O) groups is 1. The number of carbonyl (C=O) groups excluding carboxylic acids is 1. The summed E-state index contributed by atoms with van der Waals surface area (Å²) in [6, 6.07) is 17.1. The van der Waals surface area contributed by atoms with Crippen LogP contribution in [-0.4, -0.2) is 40.8 Å². The molecule has 0 spiro atoms. The van der Waals surface area contributed by atoms with Crippen LogP contribution in [0.4, 0.5) is 0 Å². The zero-order valence-electron chi connectivity index (χ0n) is 15.6. The highest BCUT2D eigenvalue weighted by Gasteiger charge is 2.40. The number of pyridine rings is 1. The first-order chi connectivity index (χ1) is 14.1. The number of aromatic nitrogens is 2. The van der Waals surface area contributed by atoms with Crippen LogP contribution in [0.1, 0.15) is 17.6 Å². The topological polar surface area (TPSA) is 72.3 Å². The molecule has 6 nitrogen and oxygen atoms in total. The van der Waals surface area contributed by atoms with E-state index in [4.69, 9.17) is 0 Å². The van der Waals surface area contributed by atoms with Gasteiger partial charge < -0.3 is 0 Å². The highest BCUT2D eigenvalue weighted by atomic mass is 32.2. The Morgan fingerprint density at radius 2 is 1.66 bits per heavy atom. The molecule has 1 aliphatic heterocycles. The van der Waals surface area contributed by atoms with E-state index in [-0.39, 0.29) is 10.8 Å². The fourth-order valence-electron chi connectivity index (χ4n) is 4.21. The van der Waals surface area contributed by atoms with Crippen LogP contribution in [0.2, 0.25) is 0 Å². The SMILES string of the molecule is O=C([C@@H]1CCCN1S(=O)(=O)c1ccccc1)n1c2ccccc2c2ccncc21. The van der Waals surface area contributed by atoms with Gasteiger partial charge in [0, 0.05) is 23.5 Å². The standard InChI is InChI=1S/C22H19N3O3S/c26-22(20-11-6-14-24(20)29(27,28)16-7-2-1-3-8-16)25-19-10-5-4-9-17(19)18-12-13-23-15-21(18)25/h1-5,7-10,12-13,15,20H,6,11,14H2/t20-/m0/s1. The van der Waals surface area contributed by atoms with E-state index < -0.39 is 16.1 Å². The van der Waals surface area contributed by atoms with Crippen LogP contribution in [0.3, 0.4) is 0 Å². The van der Waals surface area contributed by atoms with Crippen molar-refractivity contribution in [2.24, 2.45) is 0 Å². The molecule has 0 radical (unpaired) electrons. The number of rotatable bonds is 3. The second kappa shape index (κ2) is 6.79. The van der Waals surface area contributed by atoms with Gasteiger partial charge in [0.05, 0.1) is 22.1 Å². The predicted molar refractivity (Wildman–Crippen MR) is 111 cm³/mol. The lowest BCUT2D eigenvalue weighted by Gasteiger charge is -2.23. The van der Waals surface area contributed by atoms with Crippen molar-refractivity contribution in [2.45, 2.75) is 23.8 Å². The summed E-state index contributed by atoms with van der Waals surface area (Å²) in [5.41, 5.74) is 1.46. The van der Waals surface area contributed by atoms with Gasteiger partial charge in [-0.05, 0) is 37.1 Å². The summed E-state index contributed by atoms with van der Waals surface area (Å²) in [7, 11) is -3.75. The highest BCUT2D eigenvalue weighted by Crippen LogP contribution is 2.32. The summed E-state index contributed by atoms with van der Waals surface area (Å²) in [6.07, 6.45) is 4.51. The number of hydrogen-bond donors (Lipinski definition) is 0. The minimum absolute atomic E-state index is 0.212. The molecule has 0 unspecified atom stereocenters. The molecular weight excluding hydrogens is 386 g/mol. The number of fused-ring (bicyclic) bond motifs is 3. The number of nitrogens with zero attached hydrogens (tertiary/aromatic N) is 3. The van der Waals surface area contributed by atoms with Gasteiger partial charge in [0.25, 0.3) is 0 Å². The van der Waals surface area contributed by atoms with E-state index in [2.05, 4.69) is 4.98 Å². The largest absolute Gasteiger partial charge is 0.277 e. The van der Waals surface area contributed by atoms with Gasteiger partial charge >= 0.3 is 0 Å². The van der Waals surface area contributed by atoms with Crippen molar-refractivity contribution in [1.82, 2.24) is 13.9 Å². The smallest absolute Gasteiger partial charge is 0.250 e. The minimum atomic E-state index is -3.75. The average Bonchev–Trinajstić information content (AvgIpc) is 3.38. The quantitative estimate of drug-likeness (QED) is 0.521. The first-order valence-electron chi connectivity index (χ1n) is 9.53. The molecule has 5 rings (SSSR count). The number of benzene rings is 2. The van der Waals surface area contributed by atoms with E-state index in [1.54, 1.807) is 47.3 Å². The Hall–Kier alpha value is -3.03. The molecule has 0 bridgehead atoms. The van der Waals surface area contributed by atoms with Crippen molar-refractivity contribution in [3.05, 3.63) is 73.1 Å². The van der Waals surface area contributed by atoms with Crippen molar-refractivity contribution < 1.29 is 13.2 Å². The van der Waals surface area contributed by atoms with Crippen molar-refractivity contribution in [3.63, 3.8) is 0 Å². The molecule has 4 aromatic rings. The molecule has 0 N–H and O–H groups in total. The van der Waals surface area contributed by atoms with Gasteiger partial charge in [-0.2, -0.15) is 4.31 Å². The Labute approximate surface area is 168 Å². The zero-order valence-corrected chi connectivity index (χ0v) is 16.4. The Bertz CT molecular complexity index is 1280. The Morgan fingerprint density at radius 1 is 0.931 bits per heavy atom. The third-order valence-corrected chi connectivity index (χ3v) is 7.46. The molecule has 1 aliphatic rings. The lowest BCUT2D eigenvalue weighted by Crippen LogP contribution is -2.42. The molecule has 29 heavy (non-hydrogen) atoms. The van der Waals surface area contributed by atoms with Crippen LogP contribution in [0, 0.1) is 0 Å². The summed E-state index contributed by atoms with van der Waals surface area (Å²) in [5, 5.41) is 1.88. The van der Waals surface area contributed by atoms with Gasteiger partial charge in [-0.15, -0.1) is 0 Å². The second-order valence-electron chi connectivity index (χ2n) is 7.17. The van der Waals surface area contributed by atoms with Crippen LogP contribution in [0.15, 0.2) is 78.0 Å². The first kappa shape index (κ1) is 18.0. The Morgan fingerprint density at radius 3 is 2.48 bits per heavy atom. The molecule has 0 aliphatic carbocycles. The summed E-state index contributed by atoms with van der Waals surface area (Å²) in [4.78, 5) is 18.1. The molecular formula is C22H19N3O3S. The Kier molecular flexibility index (Phi) is 4.22. The Balaban J connectivity index is 1.64. The molecule has 0 saturated carbocycles. The highest BCUT2D eigenvalue weighted by molar-refractivity contribution is 7.89. The van der Waals surface area contributed by atoms with E-state index in [0.717, 1.165) is 16.3 Å². The van der Waals surface area contributed by atoms with Gasteiger partial charge in [-0.1, -0.05) is 36.4 Å².